The van der Waals surface area contributed by atoms with Crippen molar-refractivity contribution >= 4 is 17.7 Å². The number of cyclic esters (lactones) is 1. The highest BCUT2D eigenvalue weighted by Crippen LogP contribution is 2.31. The molecule has 1 aromatic heterocycles. The number of benzene rings is 2. The van der Waals surface area contributed by atoms with Crippen molar-refractivity contribution in [2.24, 2.45) is 0 Å². The summed E-state index contributed by atoms with van der Waals surface area (Å²) in [6.07, 6.45) is 0.169. The molecule has 3 aromatic rings. The number of carbonyl (C=O) groups excluding carboxylic acids is 2. The molecule has 6 nitrogen and oxygen atoms in total. The molecule has 0 aliphatic carbocycles. The van der Waals surface area contributed by atoms with Crippen molar-refractivity contribution in [3.8, 4) is 0 Å². The zero-order valence-corrected chi connectivity index (χ0v) is 14.1. The van der Waals surface area contributed by atoms with Crippen LogP contribution in [0, 0.1) is 6.92 Å². The third-order valence-electron chi connectivity index (χ3n) is 4.28. The van der Waals surface area contributed by atoms with E-state index in [1.54, 1.807) is 31.2 Å². The number of amides is 1. The van der Waals surface area contributed by atoms with Crippen molar-refractivity contribution in [3.05, 3.63) is 82.6 Å². The summed E-state index contributed by atoms with van der Waals surface area (Å²) in [5.41, 5.74) is 2.66. The van der Waals surface area contributed by atoms with Crippen molar-refractivity contribution in [3.63, 3.8) is 0 Å². The molecule has 0 saturated carbocycles. The molecule has 6 heteroatoms. The molecular weight excluding hydrogens is 332 g/mol. The minimum atomic E-state index is -0.376. The van der Waals surface area contributed by atoms with Crippen molar-refractivity contribution in [1.82, 2.24) is 5.16 Å². The Balaban J connectivity index is 1.59. The van der Waals surface area contributed by atoms with Gasteiger partial charge < -0.3 is 14.6 Å². The third kappa shape index (κ3) is 3.09. The lowest BCUT2D eigenvalue weighted by Gasteiger charge is -2.25. The van der Waals surface area contributed by atoms with Crippen LogP contribution in [0.5, 0.6) is 0 Å². The van der Waals surface area contributed by atoms with Crippen LogP contribution in [0.1, 0.15) is 43.7 Å². The molecule has 26 heavy (non-hydrogen) atoms. The SMILES string of the molecule is Cc1cc(NC(=O)c2ccc3c(c2)C[C@H](c2ccccc2)OC3=O)no1. The number of rotatable bonds is 3. The van der Waals surface area contributed by atoms with Crippen molar-refractivity contribution in [2.75, 3.05) is 5.32 Å². The topological polar surface area (TPSA) is 81.4 Å². The molecule has 0 bridgehead atoms. The Morgan fingerprint density at radius 2 is 1.96 bits per heavy atom. The van der Waals surface area contributed by atoms with Gasteiger partial charge in [0, 0.05) is 18.1 Å². The van der Waals surface area contributed by atoms with Crippen LogP contribution >= 0.6 is 0 Å². The summed E-state index contributed by atoms with van der Waals surface area (Å²) in [6.45, 7) is 1.75. The Hall–Kier alpha value is -3.41. The van der Waals surface area contributed by atoms with Crippen LogP contribution in [0.15, 0.2) is 59.1 Å². The van der Waals surface area contributed by atoms with Gasteiger partial charge in [-0.2, -0.15) is 0 Å². The average Bonchev–Trinajstić information content (AvgIpc) is 3.06. The Morgan fingerprint density at radius 1 is 1.15 bits per heavy atom. The number of nitrogens with zero attached hydrogens (tertiary/aromatic N) is 1. The second-order valence-electron chi connectivity index (χ2n) is 6.16. The molecule has 4 rings (SSSR count). The zero-order chi connectivity index (χ0) is 18.1. The number of aryl methyl sites for hydroxylation is 1. The standard InChI is InChI=1S/C20H16N2O4/c1-12-9-18(22-26-12)21-19(23)14-7-8-16-15(10-14)11-17(25-20(16)24)13-5-3-2-4-6-13/h2-10,17H,11H2,1H3,(H,21,22,23)/t17-/m1/s1. The minimum absolute atomic E-state index is 0.309. The van der Waals surface area contributed by atoms with Gasteiger partial charge in [-0.25, -0.2) is 4.79 Å². The summed E-state index contributed by atoms with van der Waals surface area (Å²) >= 11 is 0. The van der Waals surface area contributed by atoms with E-state index in [-0.39, 0.29) is 18.0 Å². The van der Waals surface area contributed by atoms with Crippen LogP contribution in [-0.2, 0) is 11.2 Å². The van der Waals surface area contributed by atoms with E-state index < -0.39 is 0 Å². The molecule has 1 aliphatic heterocycles. The lowest BCUT2D eigenvalue weighted by atomic mass is 9.93. The quantitative estimate of drug-likeness (QED) is 0.730. The highest BCUT2D eigenvalue weighted by atomic mass is 16.5. The normalized spacial score (nSPS) is 15.9. The molecule has 1 aliphatic rings. The average molecular weight is 348 g/mol. The van der Waals surface area contributed by atoms with Crippen molar-refractivity contribution in [2.45, 2.75) is 19.4 Å². The monoisotopic (exact) mass is 348 g/mol. The smallest absolute Gasteiger partial charge is 0.339 e. The fourth-order valence-corrected chi connectivity index (χ4v) is 3.00. The van der Waals surface area contributed by atoms with E-state index in [1.807, 2.05) is 30.3 Å². The molecule has 1 N–H and O–H groups in total. The third-order valence-corrected chi connectivity index (χ3v) is 4.28. The highest BCUT2D eigenvalue weighted by molar-refractivity contribution is 6.04. The van der Waals surface area contributed by atoms with Gasteiger partial charge in [0.2, 0.25) is 0 Å². The van der Waals surface area contributed by atoms with E-state index in [4.69, 9.17) is 9.26 Å². The first-order chi connectivity index (χ1) is 12.6. The molecule has 1 atom stereocenters. The maximum atomic E-state index is 12.4. The molecule has 0 spiro atoms. The molecule has 2 aromatic carbocycles. The largest absolute Gasteiger partial charge is 0.454 e. The molecular formula is C20H16N2O4. The van der Waals surface area contributed by atoms with E-state index in [9.17, 15) is 9.59 Å². The predicted octanol–water partition coefficient (Wildman–Crippen LogP) is 3.69. The number of carbonyl (C=O) groups is 2. The van der Waals surface area contributed by atoms with Gasteiger partial charge in [-0.1, -0.05) is 35.5 Å². The van der Waals surface area contributed by atoms with Crippen LogP contribution in [0.4, 0.5) is 5.82 Å². The maximum absolute atomic E-state index is 12.4. The van der Waals surface area contributed by atoms with Crippen molar-refractivity contribution in [1.29, 1.82) is 0 Å². The zero-order valence-electron chi connectivity index (χ0n) is 14.1. The number of esters is 1. The molecule has 130 valence electrons. The van der Waals surface area contributed by atoms with Gasteiger partial charge in [-0.3, -0.25) is 4.79 Å². The Labute approximate surface area is 149 Å². The van der Waals surface area contributed by atoms with Gasteiger partial charge in [0.25, 0.3) is 5.91 Å². The lowest BCUT2D eigenvalue weighted by molar-refractivity contribution is 0.0252. The molecule has 0 saturated heterocycles. The van der Waals surface area contributed by atoms with Crippen LogP contribution in [-0.4, -0.2) is 17.0 Å². The van der Waals surface area contributed by atoms with Gasteiger partial charge in [-0.05, 0) is 36.2 Å². The maximum Gasteiger partial charge on any atom is 0.339 e. The van der Waals surface area contributed by atoms with Gasteiger partial charge in [0.1, 0.15) is 11.9 Å². The number of hydrogen-bond donors (Lipinski definition) is 1. The first-order valence-corrected chi connectivity index (χ1v) is 8.23. The molecule has 0 radical (unpaired) electrons. The number of nitrogens with one attached hydrogen (secondary N) is 1. The Kier molecular flexibility index (Phi) is 4.01. The second-order valence-corrected chi connectivity index (χ2v) is 6.16. The highest BCUT2D eigenvalue weighted by Gasteiger charge is 2.28. The van der Waals surface area contributed by atoms with Crippen LogP contribution in [0.3, 0.4) is 0 Å². The molecule has 1 amide bonds. The summed E-state index contributed by atoms with van der Waals surface area (Å²) in [5, 5.41) is 6.43. The van der Waals surface area contributed by atoms with Crippen LogP contribution in [0.2, 0.25) is 0 Å². The minimum Gasteiger partial charge on any atom is -0.454 e. The van der Waals surface area contributed by atoms with E-state index in [2.05, 4.69) is 10.5 Å². The van der Waals surface area contributed by atoms with Gasteiger partial charge in [0.05, 0.1) is 5.56 Å². The van der Waals surface area contributed by atoms with E-state index in [0.29, 0.717) is 29.1 Å². The second kappa shape index (κ2) is 6.48. The molecule has 0 unspecified atom stereocenters. The Morgan fingerprint density at radius 3 is 2.69 bits per heavy atom. The first kappa shape index (κ1) is 16.1. The van der Waals surface area contributed by atoms with E-state index in [0.717, 1.165) is 11.1 Å². The van der Waals surface area contributed by atoms with Crippen molar-refractivity contribution < 1.29 is 18.8 Å². The summed E-state index contributed by atoms with van der Waals surface area (Å²) in [6, 6.07) is 16.2. The fourth-order valence-electron chi connectivity index (χ4n) is 3.00. The molecule has 2 heterocycles. The summed E-state index contributed by atoms with van der Waals surface area (Å²) in [5.74, 6) is 0.279. The summed E-state index contributed by atoms with van der Waals surface area (Å²) < 4.78 is 10.5. The molecule has 0 fully saturated rings. The number of hydrogen-bond acceptors (Lipinski definition) is 5. The Bertz CT molecular complexity index is 978. The number of anilines is 1. The van der Waals surface area contributed by atoms with Gasteiger partial charge in [0.15, 0.2) is 5.82 Å². The lowest BCUT2D eigenvalue weighted by Crippen LogP contribution is -2.23. The summed E-state index contributed by atoms with van der Waals surface area (Å²) in [7, 11) is 0. The number of fused-ring (bicyclic) bond motifs is 1. The van der Waals surface area contributed by atoms with Crippen LogP contribution < -0.4 is 5.32 Å². The predicted molar refractivity (Wildman–Crippen MR) is 93.9 cm³/mol. The van der Waals surface area contributed by atoms with E-state index in [1.165, 1.54) is 0 Å². The van der Waals surface area contributed by atoms with E-state index >= 15 is 0 Å². The number of aromatic nitrogens is 1. The fraction of sp³-hybridized carbons (Fsp3) is 0.150. The summed E-state index contributed by atoms with van der Waals surface area (Å²) in [4.78, 5) is 24.7. The van der Waals surface area contributed by atoms with Crippen LogP contribution in [0.25, 0.3) is 0 Å². The number of ether oxygens (including phenoxy) is 1. The van der Waals surface area contributed by atoms with Gasteiger partial charge >= 0.3 is 5.97 Å². The first-order valence-electron chi connectivity index (χ1n) is 8.23. The van der Waals surface area contributed by atoms with Gasteiger partial charge in [-0.15, -0.1) is 0 Å².